The second-order valence-electron chi connectivity index (χ2n) is 3.15. The highest BCUT2D eigenvalue weighted by Gasteiger charge is 2.12. The van der Waals surface area contributed by atoms with Crippen molar-refractivity contribution in [3.63, 3.8) is 0 Å². The van der Waals surface area contributed by atoms with E-state index in [0.717, 1.165) is 0 Å². The molecular weight excluding hydrogens is 196 g/mol. The first-order valence-corrected chi connectivity index (χ1v) is 4.43. The van der Waals surface area contributed by atoms with Gasteiger partial charge in [-0.3, -0.25) is 0 Å². The van der Waals surface area contributed by atoms with E-state index in [-0.39, 0.29) is 12.2 Å². The number of rotatable bonds is 2. The number of ether oxygens (including phenoxy) is 2. The van der Waals surface area contributed by atoms with E-state index in [9.17, 15) is 9.90 Å². The molecule has 0 atom stereocenters. The van der Waals surface area contributed by atoms with Gasteiger partial charge in [0.15, 0.2) is 0 Å². The summed E-state index contributed by atoms with van der Waals surface area (Å²) >= 11 is 0. The predicted molar refractivity (Wildman–Crippen MR) is 51.5 cm³/mol. The number of hydrogen-bond donors (Lipinski definition) is 0. The van der Waals surface area contributed by atoms with E-state index >= 15 is 0 Å². The Kier molecular flexibility index (Phi) is 2.33. The van der Waals surface area contributed by atoms with Gasteiger partial charge in [-0.1, -0.05) is 0 Å². The molecular formula is C11H9O4-. The highest BCUT2D eigenvalue weighted by molar-refractivity contribution is 5.92. The highest BCUT2D eigenvalue weighted by atomic mass is 16.5. The average Bonchev–Trinajstić information content (AvgIpc) is 2.27. The van der Waals surface area contributed by atoms with E-state index < -0.39 is 5.97 Å². The van der Waals surface area contributed by atoms with E-state index in [4.69, 9.17) is 9.47 Å². The molecule has 0 N–H and O–H groups in total. The minimum absolute atomic E-state index is 0.0433. The van der Waals surface area contributed by atoms with Crippen LogP contribution in [0, 0.1) is 0 Å². The molecule has 78 valence electrons. The summed E-state index contributed by atoms with van der Waals surface area (Å²) in [7, 11) is 1.55. The maximum Gasteiger partial charge on any atom is 0.127 e. The summed E-state index contributed by atoms with van der Waals surface area (Å²) in [6.07, 6.45) is 1.54. The Morgan fingerprint density at radius 3 is 3.00 bits per heavy atom. The van der Waals surface area contributed by atoms with Gasteiger partial charge in [0, 0.05) is 11.1 Å². The summed E-state index contributed by atoms with van der Waals surface area (Å²) < 4.78 is 10.3. The van der Waals surface area contributed by atoms with Crippen molar-refractivity contribution >= 4 is 12.0 Å². The fourth-order valence-corrected chi connectivity index (χ4v) is 1.40. The molecule has 4 heteroatoms. The van der Waals surface area contributed by atoms with Crippen LogP contribution >= 0.6 is 0 Å². The van der Waals surface area contributed by atoms with Gasteiger partial charge >= 0.3 is 0 Å². The average molecular weight is 205 g/mol. The zero-order valence-corrected chi connectivity index (χ0v) is 8.15. The van der Waals surface area contributed by atoms with Crippen LogP contribution in [0.5, 0.6) is 11.5 Å². The van der Waals surface area contributed by atoms with E-state index in [1.165, 1.54) is 6.08 Å². The SMILES string of the molecule is COc1ccc2c(c1)C=C(C(=O)[O-])CO2. The molecule has 0 spiro atoms. The molecule has 0 saturated carbocycles. The fourth-order valence-electron chi connectivity index (χ4n) is 1.40. The number of benzene rings is 1. The van der Waals surface area contributed by atoms with Gasteiger partial charge in [-0.25, -0.2) is 0 Å². The number of hydrogen-bond acceptors (Lipinski definition) is 4. The highest BCUT2D eigenvalue weighted by Crippen LogP contribution is 2.29. The predicted octanol–water partition coefficient (Wildman–Crippen LogP) is 0.221. The molecule has 0 saturated heterocycles. The van der Waals surface area contributed by atoms with Crippen molar-refractivity contribution in [2.75, 3.05) is 13.7 Å². The number of carboxylic acid groups (broad SMARTS) is 1. The minimum Gasteiger partial charge on any atom is -0.545 e. The lowest BCUT2D eigenvalue weighted by molar-refractivity contribution is -0.299. The topological polar surface area (TPSA) is 58.6 Å². The van der Waals surface area contributed by atoms with E-state index in [1.807, 2.05) is 0 Å². The Hall–Kier alpha value is -1.97. The third-order valence-electron chi connectivity index (χ3n) is 2.19. The van der Waals surface area contributed by atoms with Crippen LogP contribution in [0.25, 0.3) is 6.08 Å². The maximum absolute atomic E-state index is 10.6. The molecule has 0 bridgehead atoms. The summed E-state index contributed by atoms with van der Waals surface area (Å²) in [4.78, 5) is 10.6. The Morgan fingerprint density at radius 1 is 1.53 bits per heavy atom. The van der Waals surface area contributed by atoms with Gasteiger partial charge in [0.25, 0.3) is 0 Å². The van der Waals surface area contributed by atoms with Gasteiger partial charge in [0.1, 0.15) is 18.1 Å². The van der Waals surface area contributed by atoms with Crippen molar-refractivity contribution in [3.8, 4) is 11.5 Å². The van der Waals surface area contributed by atoms with Gasteiger partial charge in [-0.15, -0.1) is 0 Å². The van der Waals surface area contributed by atoms with Gasteiger partial charge < -0.3 is 19.4 Å². The first kappa shape index (κ1) is 9.58. The lowest BCUT2D eigenvalue weighted by Gasteiger charge is -2.18. The van der Waals surface area contributed by atoms with E-state index in [1.54, 1.807) is 25.3 Å². The Morgan fingerprint density at radius 2 is 2.33 bits per heavy atom. The second-order valence-corrected chi connectivity index (χ2v) is 3.15. The van der Waals surface area contributed by atoms with Crippen LogP contribution in [0.1, 0.15) is 5.56 Å². The summed E-state index contributed by atoms with van der Waals surface area (Å²) in [5, 5.41) is 10.6. The summed E-state index contributed by atoms with van der Waals surface area (Å²) in [5.74, 6) is 0.109. The number of carboxylic acids is 1. The number of aliphatic carboxylic acids is 1. The van der Waals surface area contributed by atoms with Crippen LogP contribution in [0.2, 0.25) is 0 Å². The number of carbonyl (C=O) groups is 1. The van der Waals surface area contributed by atoms with Crippen LogP contribution in [-0.2, 0) is 4.79 Å². The fraction of sp³-hybridized carbons (Fsp3) is 0.182. The summed E-state index contributed by atoms with van der Waals surface area (Å²) in [6.45, 7) is 0.0433. The molecule has 1 aliphatic rings. The zero-order valence-electron chi connectivity index (χ0n) is 8.15. The first-order chi connectivity index (χ1) is 7.20. The van der Waals surface area contributed by atoms with Crippen molar-refractivity contribution in [1.29, 1.82) is 0 Å². The van der Waals surface area contributed by atoms with Gasteiger partial charge in [0.05, 0.1) is 13.1 Å². The lowest BCUT2D eigenvalue weighted by atomic mass is 10.1. The largest absolute Gasteiger partial charge is 0.545 e. The maximum atomic E-state index is 10.6. The number of methoxy groups -OCH3 is 1. The molecule has 15 heavy (non-hydrogen) atoms. The molecule has 0 amide bonds. The van der Waals surface area contributed by atoms with Crippen LogP contribution in [0.3, 0.4) is 0 Å². The van der Waals surface area contributed by atoms with Crippen LogP contribution in [-0.4, -0.2) is 19.7 Å². The Bertz CT molecular complexity index is 434. The van der Waals surface area contributed by atoms with Gasteiger partial charge in [0.2, 0.25) is 0 Å². The smallest absolute Gasteiger partial charge is 0.127 e. The van der Waals surface area contributed by atoms with Gasteiger partial charge in [-0.05, 0) is 24.3 Å². The van der Waals surface area contributed by atoms with E-state index in [0.29, 0.717) is 17.1 Å². The van der Waals surface area contributed by atoms with Gasteiger partial charge in [-0.2, -0.15) is 0 Å². The molecule has 1 aromatic carbocycles. The van der Waals surface area contributed by atoms with Crippen LogP contribution in [0.4, 0.5) is 0 Å². The summed E-state index contributed by atoms with van der Waals surface area (Å²) in [5.41, 5.74) is 0.829. The second kappa shape index (κ2) is 3.65. The summed E-state index contributed by atoms with van der Waals surface area (Å²) in [6, 6.07) is 5.23. The molecule has 1 aliphatic heterocycles. The molecule has 1 heterocycles. The van der Waals surface area contributed by atoms with Crippen molar-refractivity contribution in [2.45, 2.75) is 0 Å². The minimum atomic E-state index is -1.21. The molecule has 1 aromatic rings. The van der Waals surface area contributed by atoms with Crippen LogP contribution < -0.4 is 14.6 Å². The molecule has 0 aromatic heterocycles. The Labute approximate surface area is 86.7 Å². The quantitative estimate of drug-likeness (QED) is 0.693. The number of carbonyl (C=O) groups excluding carboxylic acids is 1. The standard InChI is InChI=1S/C11H10O4/c1-14-9-2-3-10-7(5-9)4-8(6-15-10)11(12)13/h2-5H,6H2,1H3,(H,12,13)/p-1. The first-order valence-electron chi connectivity index (χ1n) is 4.43. The lowest BCUT2D eigenvalue weighted by Crippen LogP contribution is -2.28. The molecule has 2 rings (SSSR count). The molecule has 0 fully saturated rings. The molecule has 0 aliphatic carbocycles. The van der Waals surface area contributed by atoms with Crippen molar-refractivity contribution in [2.24, 2.45) is 0 Å². The molecule has 0 unspecified atom stereocenters. The molecule has 4 nitrogen and oxygen atoms in total. The third-order valence-corrected chi connectivity index (χ3v) is 2.19. The van der Waals surface area contributed by atoms with Crippen molar-refractivity contribution in [3.05, 3.63) is 29.3 Å². The van der Waals surface area contributed by atoms with Crippen LogP contribution in [0.15, 0.2) is 23.8 Å². The monoisotopic (exact) mass is 205 g/mol. The normalized spacial score (nSPS) is 13.5. The number of fused-ring (bicyclic) bond motifs is 1. The molecule has 0 radical (unpaired) electrons. The zero-order chi connectivity index (χ0) is 10.8. The van der Waals surface area contributed by atoms with E-state index in [2.05, 4.69) is 0 Å². The third kappa shape index (κ3) is 1.79. The Balaban J connectivity index is 2.43. The van der Waals surface area contributed by atoms with Crippen molar-refractivity contribution < 1.29 is 19.4 Å². The van der Waals surface area contributed by atoms with Crippen molar-refractivity contribution in [1.82, 2.24) is 0 Å².